The Morgan fingerprint density at radius 3 is 2.85 bits per heavy atom. The van der Waals surface area contributed by atoms with E-state index < -0.39 is 0 Å². The lowest BCUT2D eigenvalue weighted by molar-refractivity contribution is -0.129. The summed E-state index contributed by atoms with van der Waals surface area (Å²) in [6, 6.07) is 4.52. The van der Waals surface area contributed by atoms with Gasteiger partial charge in [0.15, 0.2) is 5.65 Å². The van der Waals surface area contributed by atoms with Crippen molar-refractivity contribution >= 4 is 11.6 Å². The molecule has 132 valence electrons. The van der Waals surface area contributed by atoms with Gasteiger partial charge in [-0.2, -0.15) is 0 Å². The van der Waals surface area contributed by atoms with Crippen molar-refractivity contribution in [2.45, 2.75) is 43.9 Å². The molecule has 1 saturated heterocycles. The second kappa shape index (κ2) is 6.17. The minimum Gasteiger partial charge on any atom is -0.331 e. The largest absolute Gasteiger partial charge is 0.331 e. The lowest BCUT2D eigenvalue weighted by atomic mass is 10.0. The normalized spacial score (nSPS) is 23.1. The standard InChI is InChI=1S/C19H20N6O/c26-18-8-16(22-10-15-11-23-17-12-21-6-7-24(15)17)19(25(18)14-3-4-14)13-2-1-5-20-9-13/h1-2,5-7,9,11-12,14,16,19,22H,3-4,8,10H2/t16-,19+/m1/s1. The van der Waals surface area contributed by atoms with Crippen LogP contribution in [0, 0.1) is 0 Å². The molecule has 1 N–H and O–H groups in total. The van der Waals surface area contributed by atoms with Gasteiger partial charge in [0.1, 0.15) is 0 Å². The van der Waals surface area contributed by atoms with E-state index in [4.69, 9.17) is 0 Å². The van der Waals surface area contributed by atoms with Crippen LogP contribution < -0.4 is 5.32 Å². The fourth-order valence-electron chi connectivity index (χ4n) is 3.93. The van der Waals surface area contributed by atoms with Crippen molar-refractivity contribution in [2.75, 3.05) is 0 Å². The van der Waals surface area contributed by atoms with E-state index in [9.17, 15) is 4.79 Å². The SMILES string of the molecule is O=C1C[C@@H](NCc2cnc3cnccn23)[C@H](c2cccnc2)N1C1CC1. The van der Waals surface area contributed by atoms with E-state index in [1.165, 1.54) is 0 Å². The van der Waals surface area contributed by atoms with Gasteiger partial charge in [-0.3, -0.25) is 19.2 Å². The monoisotopic (exact) mass is 348 g/mol. The van der Waals surface area contributed by atoms with Crippen molar-refractivity contribution in [3.8, 4) is 0 Å². The number of hydrogen-bond acceptors (Lipinski definition) is 5. The van der Waals surface area contributed by atoms with Crippen LogP contribution in [-0.2, 0) is 11.3 Å². The molecular weight excluding hydrogens is 328 g/mol. The summed E-state index contributed by atoms with van der Waals surface area (Å²) >= 11 is 0. The van der Waals surface area contributed by atoms with Crippen molar-refractivity contribution in [3.63, 3.8) is 0 Å². The number of carbonyl (C=O) groups is 1. The Balaban J connectivity index is 1.40. The zero-order valence-electron chi connectivity index (χ0n) is 14.3. The van der Waals surface area contributed by atoms with E-state index in [0.29, 0.717) is 19.0 Å². The van der Waals surface area contributed by atoms with Gasteiger partial charge in [-0.15, -0.1) is 0 Å². The number of amides is 1. The van der Waals surface area contributed by atoms with Crippen LogP contribution in [0.4, 0.5) is 0 Å². The Kier molecular flexibility index (Phi) is 3.67. The molecule has 2 fully saturated rings. The number of fused-ring (bicyclic) bond motifs is 1. The highest BCUT2D eigenvalue weighted by Crippen LogP contribution is 2.41. The Hall–Kier alpha value is -2.80. The first-order valence-electron chi connectivity index (χ1n) is 9.01. The van der Waals surface area contributed by atoms with Crippen LogP contribution in [-0.4, -0.2) is 42.2 Å². The molecule has 3 aromatic rings. The summed E-state index contributed by atoms with van der Waals surface area (Å²) in [6.45, 7) is 0.651. The number of rotatable bonds is 5. The molecule has 2 aliphatic rings. The molecule has 0 radical (unpaired) electrons. The summed E-state index contributed by atoms with van der Waals surface area (Å²) in [7, 11) is 0. The molecule has 0 bridgehead atoms. The Morgan fingerprint density at radius 1 is 1.15 bits per heavy atom. The molecule has 4 heterocycles. The molecule has 1 aliphatic carbocycles. The Morgan fingerprint density at radius 2 is 2.04 bits per heavy atom. The van der Waals surface area contributed by atoms with Crippen molar-refractivity contribution in [3.05, 3.63) is 60.6 Å². The summed E-state index contributed by atoms with van der Waals surface area (Å²) in [5.41, 5.74) is 2.99. The average Bonchev–Trinajstić information content (AvgIpc) is 3.34. The molecule has 7 heteroatoms. The van der Waals surface area contributed by atoms with Gasteiger partial charge >= 0.3 is 0 Å². The van der Waals surface area contributed by atoms with Crippen LogP contribution >= 0.6 is 0 Å². The molecule has 0 aromatic carbocycles. The zero-order valence-corrected chi connectivity index (χ0v) is 14.3. The molecule has 2 atom stereocenters. The topological polar surface area (TPSA) is 75.4 Å². The highest BCUT2D eigenvalue weighted by Gasteiger charge is 2.47. The van der Waals surface area contributed by atoms with E-state index in [2.05, 4.69) is 31.2 Å². The van der Waals surface area contributed by atoms with Crippen molar-refractivity contribution < 1.29 is 4.79 Å². The van der Waals surface area contributed by atoms with Gasteiger partial charge in [0, 0.05) is 49.8 Å². The van der Waals surface area contributed by atoms with Crippen molar-refractivity contribution in [1.29, 1.82) is 0 Å². The number of nitrogens with zero attached hydrogens (tertiary/aromatic N) is 5. The van der Waals surface area contributed by atoms with Crippen molar-refractivity contribution in [1.82, 2.24) is 29.6 Å². The van der Waals surface area contributed by atoms with E-state index in [1.807, 2.05) is 29.1 Å². The quantitative estimate of drug-likeness (QED) is 0.760. The zero-order chi connectivity index (χ0) is 17.5. The minimum atomic E-state index is 0.0459. The predicted molar refractivity (Wildman–Crippen MR) is 95.1 cm³/mol. The molecule has 7 nitrogen and oxygen atoms in total. The summed E-state index contributed by atoms with van der Waals surface area (Å²) in [5, 5.41) is 3.60. The minimum absolute atomic E-state index is 0.0459. The van der Waals surface area contributed by atoms with Crippen molar-refractivity contribution in [2.24, 2.45) is 0 Å². The molecule has 26 heavy (non-hydrogen) atoms. The van der Waals surface area contributed by atoms with Gasteiger partial charge < -0.3 is 10.2 Å². The van der Waals surface area contributed by atoms with Gasteiger partial charge in [-0.1, -0.05) is 6.07 Å². The van der Waals surface area contributed by atoms with Crippen LogP contribution in [0.1, 0.15) is 36.6 Å². The van der Waals surface area contributed by atoms with Crippen LogP contribution in [0.3, 0.4) is 0 Å². The van der Waals surface area contributed by atoms with Crippen LogP contribution in [0.2, 0.25) is 0 Å². The Bertz CT molecular complexity index is 935. The molecule has 5 rings (SSSR count). The summed E-state index contributed by atoms with van der Waals surface area (Å²) in [6.07, 6.45) is 13.7. The van der Waals surface area contributed by atoms with Gasteiger partial charge in [-0.25, -0.2) is 4.98 Å². The number of hydrogen-bond donors (Lipinski definition) is 1. The maximum atomic E-state index is 12.7. The second-order valence-corrected chi connectivity index (χ2v) is 7.01. The van der Waals surface area contributed by atoms with Gasteiger partial charge in [-0.05, 0) is 24.5 Å². The van der Waals surface area contributed by atoms with Gasteiger partial charge in [0.2, 0.25) is 5.91 Å². The average molecular weight is 348 g/mol. The predicted octanol–water partition coefficient (Wildman–Crippen LogP) is 1.72. The second-order valence-electron chi connectivity index (χ2n) is 7.01. The third-order valence-electron chi connectivity index (χ3n) is 5.27. The van der Waals surface area contributed by atoms with Gasteiger partial charge in [0.25, 0.3) is 0 Å². The van der Waals surface area contributed by atoms with E-state index in [-0.39, 0.29) is 18.0 Å². The number of nitrogens with one attached hydrogen (secondary N) is 1. The number of imidazole rings is 1. The highest BCUT2D eigenvalue weighted by atomic mass is 16.2. The lowest BCUT2D eigenvalue weighted by Crippen LogP contribution is -2.37. The third-order valence-corrected chi connectivity index (χ3v) is 5.27. The smallest absolute Gasteiger partial charge is 0.225 e. The molecule has 0 spiro atoms. The number of carbonyl (C=O) groups excluding carboxylic acids is 1. The summed E-state index contributed by atoms with van der Waals surface area (Å²) in [5.74, 6) is 0.237. The molecule has 1 aliphatic heterocycles. The highest BCUT2D eigenvalue weighted by molar-refractivity contribution is 5.81. The molecular formula is C19H20N6O. The van der Waals surface area contributed by atoms with Crippen LogP contribution in [0.15, 0.2) is 49.3 Å². The molecule has 3 aromatic heterocycles. The number of aromatic nitrogens is 4. The number of pyridine rings is 1. The fourth-order valence-corrected chi connectivity index (χ4v) is 3.93. The first-order chi connectivity index (χ1) is 12.8. The van der Waals surface area contributed by atoms with E-state index in [0.717, 1.165) is 29.7 Å². The Labute approximate surface area is 151 Å². The fraction of sp³-hybridized carbons (Fsp3) is 0.368. The molecule has 1 amide bonds. The molecule has 0 unspecified atom stereocenters. The first-order valence-corrected chi connectivity index (χ1v) is 9.01. The maximum Gasteiger partial charge on any atom is 0.225 e. The van der Waals surface area contributed by atoms with E-state index >= 15 is 0 Å². The first kappa shape index (κ1) is 15.5. The lowest BCUT2D eigenvalue weighted by Gasteiger charge is -2.29. The van der Waals surface area contributed by atoms with Crippen LogP contribution in [0.5, 0.6) is 0 Å². The third kappa shape index (κ3) is 2.64. The van der Waals surface area contributed by atoms with Crippen LogP contribution in [0.25, 0.3) is 5.65 Å². The van der Waals surface area contributed by atoms with E-state index in [1.54, 1.807) is 18.6 Å². The van der Waals surface area contributed by atoms with Gasteiger partial charge in [0.05, 0.1) is 24.1 Å². The maximum absolute atomic E-state index is 12.7. The summed E-state index contributed by atoms with van der Waals surface area (Å²) in [4.78, 5) is 27.5. The molecule has 1 saturated carbocycles. The number of likely N-dealkylation sites (tertiary alicyclic amines) is 1. The summed E-state index contributed by atoms with van der Waals surface area (Å²) < 4.78 is 2.02.